The maximum atomic E-state index is 9.50. The van der Waals surface area contributed by atoms with Crippen molar-refractivity contribution in [2.24, 2.45) is 0 Å². The lowest BCUT2D eigenvalue weighted by Gasteiger charge is -2.09. The maximum absolute atomic E-state index is 9.50. The third-order valence-electron chi connectivity index (χ3n) is 1.85. The number of terminal acetylenes is 3. The highest BCUT2D eigenvalue weighted by Gasteiger charge is 2.20. The van der Waals surface area contributed by atoms with Crippen molar-refractivity contribution in [2.75, 3.05) is 0 Å². The van der Waals surface area contributed by atoms with E-state index in [9.17, 15) is 15.3 Å². The van der Waals surface area contributed by atoms with Crippen LogP contribution in [0.1, 0.15) is 16.7 Å². The van der Waals surface area contributed by atoms with E-state index in [2.05, 4.69) is 0 Å². The Bertz CT molecular complexity index is 446. The summed E-state index contributed by atoms with van der Waals surface area (Å²) in [5, 5.41) is 28.5. The average Bonchev–Trinajstić information content (AvgIpc) is 2.19. The molecule has 0 amide bonds. The fraction of sp³-hybridized carbons (Fsp3) is 0. The second-order valence-corrected chi connectivity index (χ2v) is 2.60. The molecular formula is C12H6O3. The third-order valence-corrected chi connectivity index (χ3v) is 1.85. The van der Waals surface area contributed by atoms with Crippen LogP contribution < -0.4 is 0 Å². The van der Waals surface area contributed by atoms with Crippen LogP contribution in [0.25, 0.3) is 0 Å². The van der Waals surface area contributed by atoms with Gasteiger partial charge in [-0.15, -0.1) is 19.3 Å². The first-order valence-corrected chi connectivity index (χ1v) is 3.79. The van der Waals surface area contributed by atoms with E-state index in [4.69, 9.17) is 19.3 Å². The van der Waals surface area contributed by atoms with Crippen molar-refractivity contribution in [3.63, 3.8) is 0 Å². The minimum Gasteiger partial charge on any atom is -0.505 e. The second-order valence-electron chi connectivity index (χ2n) is 2.60. The molecule has 3 nitrogen and oxygen atoms in total. The van der Waals surface area contributed by atoms with E-state index in [0.717, 1.165) is 0 Å². The Morgan fingerprint density at radius 3 is 0.933 bits per heavy atom. The molecule has 0 fully saturated rings. The first-order chi connectivity index (χ1) is 7.08. The van der Waals surface area contributed by atoms with Crippen molar-refractivity contribution >= 4 is 0 Å². The molecule has 0 aliphatic heterocycles. The monoisotopic (exact) mass is 198 g/mol. The number of phenolic OH excluding ortho intramolecular Hbond substituents is 3. The van der Waals surface area contributed by atoms with Gasteiger partial charge < -0.3 is 15.3 Å². The van der Waals surface area contributed by atoms with Gasteiger partial charge in [-0.25, -0.2) is 0 Å². The fourth-order valence-electron chi connectivity index (χ4n) is 1.12. The van der Waals surface area contributed by atoms with Crippen LogP contribution in [0.15, 0.2) is 0 Å². The third kappa shape index (κ3) is 1.31. The van der Waals surface area contributed by atoms with E-state index in [1.54, 1.807) is 0 Å². The van der Waals surface area contributed by atoms with Crippen molar-refractivity contribution < 1.29 is 15.3 Å². The standard InChI is InChI=1S/C12H6O3/c1-4-7-10(13)8(5-2)12(15)9(6-3)11(7)14/h1-3,13-15H. The van der Waals surface area contributed by atoms with Crippen LogP contribution in [0.5, 0.6) is 17.2 Å². The van der Waals surface area contributed by atoms with E-state index >= 15 is 0 Å². The summed E-state index contributed by atoms with van der Waals surface area (Å²) >= 11 is 0. The average molecular weight is 198 g/mol. The van der Waals surface area contributed by atoms with Crippen molar-refractivity contribution in [3.8, 4) is 54.3 Å². The molecule has 3 heteroatoms. The normalized spacial score (nSPS) is 8.60. The van der Waals surface area contributed by atoms with Gasteiger partial charge in [0.25, 0.3) is 0 Å². The zero-order chi connectivity index (χ0) is 11.6. The molecule has 0 bridgehead atoms. The Morgan fingerprint density at radius 2 is 0.800 bits per heavy atom. The van der Waals surface area contributed by atoms with E-state index in [0.29, 0.717) is 0 Å². The molecule has 1 rings (SSSR count). The minimum absolute atomic E-state index is 0.228. The van der Waals surface area contributed by atoms with Crippen LogP contribution in [0.3, 0.4) is 0 Å². The molecule has 0 aromatic heterocycles. The molecule has 0 saturated carbocycles. The molecule has 0 heterocycles. The Hall–Kier alpha value is -2.70. The number of aromatic hydroxyl groups is 3. The molecule has 1 aromatic carbocycles. The van der Waals surface area contributed by atoms with Gasteiger partial charge in [-0.3, -0.25) is 0 Å². The van der Waals surface area contributed by atoms with Crippen LogP contribution in [-0.2, 0) is 0 Å². The summed E-state index contributed by atoms with van der Waals surface area (Å²) in [6.07, 6.45) is 15.2. The maximum Gasteiger partial charge on any atom is 0.154 e. The predicted octanol–water partition coefficient (Wildman–Crippen LogP) is 0.747. The first kappa shape index (κ1) is 10.4. The number of hydrogen-bond donors (Lipinski definition) is 3. The summed E-state index contributed by atoms with van der Waals surface area (Å²) in [6, 6.07) is 0. The Morgan fingerprint density at radius 1 is 0.600 bits per heavy atom. The van der Waals surface area contributed by atoms with Crippen molar-refractivity contribution in [1.82, 2.24) is 0 Å². The predicted molar refractivity (Wildman–Crippen MR) is 55.2 cm³/mol. The molecule has 0 spiro atoms. The van der Waals surface area contributed by atoms with Crippen LogP contribution in [0.4, 0.5) is 0 Å². The molecule has 0 aliphatic carbocycles. The van der Waals surface area contributed by atoms with Gasteiger partial charge in [0.1, 0.15) is 16.7 Å². The largest absolute Gasteiger partial charge is 0.505 e. The van der Waals surface area contributed by atoms with Crippen LogP contribution in [0, 0.1) is 37.0 Å². The summed E-state index contributed by atoms with van der Waals surface area (Å²) in [5.74, 6) is 4.51. The summed E-state index contributed by atoms with van der Waals surface area (Å²) in [5.41, 5.74) is -0.684. The van der Waals surface area contributed by atoms with Crippen LogP contribution >= 0.6 is 0 Å². The zero-order valence-corrected chi connectivity index (χ0v) is 7.57. The number of benzene rings is 1. The number of rotatable bonds is 0. The molecule has 3 N–H and O–H groups in total. The van der Waals surface area contributed by atoms with Gasteiger partial charge in [-0.1, -0.05) is 17.8 Å². The summed E-state index contributed by atoms with van der Waals surface area (Å²) in [6.45, 7) is 0. The van der Waals surface area contributed by atoms with E-state index in [1.807, 2.05) is 17.8 Å². The van der Waals surface area contributed by atoms with E-state index < -0.39 is 17.2 Å². The Balaban J connectivity index is 3.88. The molecule has 0 aliphatic rings. The minimum atomic E-state index is -0.533. The van der Waals surface area contributed by atoms with Crippen LogP contribution in [-0.4, -0.2) is 15.3 Å². The van der Waals surface area contributed by atoms with Gasteiger partial charge in [0.15, 0.2) is 17.2 Å². The fourth-order valence-corrected chi connectivity index (χ4v) is 1.12. The smallest absolute Gasteiger partial charge is 0.154 e. The van der Waals surface area contributed by atoms with Crippen LogP contribution in [0.2, 0.25) is 0 Å². The zero-order valence-electron chi connectivity index (χ0n) is 7.57. The topological polar surface area (TPSA) is 60.7 Å². The lowest BCUT2D eigenvalue weighted by Crippen LogP contribution is -1.90. The van der Waals surface area contributed by atoms with Crippen molar-refractivity contribution in [1.29, 1.82) is 0 Å². The highest BCUT2D eigenvalue weighted by Crippen LogP contribution is 2.40. The van der Waals surface area contributed by atoms with Gasteiger partial charge in [0.05, 0.1) is 0 Å². The summed E-state index contributed by atoms with van der Waals surface area (Å²) in [4.78, 5) is 0. The van der Waals surface area contributed by atoms with Gasteiger partial charge in [0.2, 0.25) is 0 Å². The van der Waals surface area contributed by atoms with Crippen molar-refractivity contribution in [2.45, 2.75) is 0 Å². The van der Waals surface area contributed by atoms with E-state index in [1.165, 1.54) is 0 Å². The highest BCUT2D eigenvalue weighted by atomic mass is 16.3. The number of phenols is 3. The molecule has 72 valence electrons. The Labute approximate surface area is 87.0 Å². The Kier molecular flexibility index (Phi) is 2.48. The highest BCUT2D eigenvalue weighted by molar-refractivity contribution is 5.73. The first-order valence-electron chi connectivity index (χ1n) is 3.79. The number of hydrogen-bond acceptors (Lipinski definition) is 3. The summed E-state index contributed by atoms with van der Waals surface area (Å²) in [7, 11) is 0. The van der Waals surface area contributed by atoms with E-state index in [-0.39, 0.29) is 16.7 Å². The van der Waals surface area contributed by atoms with Gasteiger partial charge in [-0.05, 0) is 0 Å². The summed E-state index contributed by atoms with van der Waals surface area (Å²) < 4.78 is 0. The van der Waals surface area contributed by atoms with Gasteiger partial charge in [0, 0.05) is 0 Å². The molecule has 1 aromatic rings. The SMILES string of the molecule is C#Cc1c(O)c(C#C)c(O)c(C#C)c1O. The molecule has 0 radical (unpaired) electrons. The second kappa shape index (κ2) is 3.58. The molecular weight excluding hydrogens is 192 g/mol. The quantitative estimate of drug-likeness (QED) is 0.539. The lowest BCUT2D eigenvalue weighted by molar-refractivity contribution is 0.422. The molecule has 0 atom stereocenters. The lowest BCUT2D eigenvalue weighted by atomic mass is 10.0. The molecule has 15 heavy (non-hydrogen) atoms. The molecule has 0 saturated heterocycles. The molecule has 0 unspecified atom stereocenters. The van der Waals surface area contributed by atoms with Gasteiger partial charge in [-0.2, -0.15) is 0 Å². The van der Waals surface area contributed by atoms with Gasteiger partial charge >= 0.3 is 0 Å². The van der Waals surface area contributed by atoms with Crippen molar-refractivity contribution in [3.05, 3.63) is 16.7 Å².